The molecule has 3 rings (SSSR count). The monoisotopic (exact) mass is 385 g/mol. The molecule has 0 aliphatic carbocycles. The summed E-state index contributed by atoms with van der Waals surface area (Å²) in [5, 5.41) is 8.08. The smallest absolute Gasteiger partial charge is 0.291 e. The maximum absolute atomic E-state index is 12.3. The van der Waals surface area contributed by atoms with Crippen LogP contribution in [-0.4, -0.2) is 63.8 Å². The van der Waals surface area contributed by atoms with Gasteiger partial charge in [-0.2, -0.15) is 5.10 Å². The lowest BCUT2D eigenvalue weighted by Crippen LogP contribution is -2.36. The Kier molecular flexibility index (Phi) is 5.69. The van der Waals surface area contributed by atoms with E-state index >= 15 is 0 Å². The standard InChI is InChI=1S/C20H31N7O/c1-12-10-21-26(7)17(12)15(4)22-16-8-9-27(11-16)19-13(2)14(3)23-18(24-19)20(28)25(5)6/h10,15-16,22H,8-9,11H2,1-7H3/t15?,16-/m1/s1. The first-order valence-electron chi connectivity index (χ1n) is 9.75. The van der Waals surface area contributed by atoms with Gasteiger partial charge in [-0.05, 0) is 39.7 Å². The molecule has 0 radical (unpaired) electrons. The fraction of sp³-hybridized carbons (Fsp3) is 0.600. The van der Waals surface area contributed by atoms with Crippen molar-refractivity contribution >= 4 is 11.7 Å². The zero-order valence-electron chi connectivity index (χ0n) is 17.9. The largest absolute Gasteiger partial charge is 0.355 e. The second-order valence-electron chi connectivity index (χ2n) is 7.94. The highest BCUT2D eigenvalue weighted by molar-refractivity contribution is 5.90. The van der Waals surface area contributed by atoms with Crippen molar-refractivity contribution in [1.82, 2.24) is 30.0 Å². The van der Waals surface area contributed by atoms with Crippen molar-refractivity contribution in [1.29, 1.82) is 0 Å². The molecule has 28 heavy (non-hydrogen) atoms. The van der Waals surface area contributed by atoms with Crippen molar-refractivity contribution in [2.24, 2.45) is 7.05 Å². The van der Waals surface area contributed by atoms with E-state index in [0.717, 1.165) is 36.6 Å². The van der Waals surface area contributed by atoms with Gasteiger partial charge in [0.1, 0.15) is 5.82 Å². The van der Waals surface area contributed by atoms with E-state index in [2.05, 4.69) is 39.1 Å². The molecule has 1 N–H and O–H groups in total. The zero-order valence-corrected chi connectivity index (χ0v) is 17.9. The summed E-state index contributed by atoms with van der Waals surface area (Å²) in [6, 6.07) is 0.573. The van der Waals surface area contributed by atoms with Crippen LogP contribution in [0, 0.1) is 20.8 Å². The summed E-state index contributed by atoms with van der Waals surface area (Å²) in [6.45, 7) is 10.00. The van der Waals surface area contributed by atoms with Crippen molar-refractivity contribution in [3.8, 4) is 0 Å². The first-order valence-corrected chi connectivity index (χ1v) is 9.75. The number of hydrogen-bond acceptors (Lipinski definition) is 6. The van der Waals surface area contributed by atoms with E-state index in [0.29, 0.717) is 6.04 Å². The molecule has 2 aromatic rings. The Morgan fingerprint density at radius 1 is 1.29 bits per heavy atom. The van der Waals surface area contributed by atoms with Gasteiger partial charge in [-0.1, -0.05) is 0 Å². The van der Waals surface area contributed by atoms with E-state index in [1.807, 2.05) is 31.8 Å². The second-order valence-corrected chi connectivity index (χ2v) is 7.94. The van der Waals surface area contributed by atoms with Gasteiger partial charge in [0.15, 0.2) is 0 Å². The normalized spacial score (nSPS) is 17.8. The Labute approximate surface area is 167 Å². The van der Waals surface area contributed by atoms with Gasteiger partial charge in [-0.15, -0.1) is 0 Å². The Morgan fingerprint density at radius 2 is 2.00 bits per heavy atom. The van der Waals surface area contributed by atoms with Crippen molar-refractivity contribution in [3.63, 3.8) is 0 Å². The van der Waals surface area contributed by atoms with Crippen LogP contribution in [0.2, 0.25) is 0 Å². The van der Waals surface area contributed by atoms with Crippen LogP contribution in [0.1, 0.15) is 52.5 Å². The molecule has 0 bridgehead atoms. The van der Waals surface area contributed by atoms with E-state index in [1.54, 1.807) is 14.1 Å². The second kappa shape index (κ2) is 7.87. The minimum atomic E-state index is -0.168. The molecule has 0 aromatic carbocycles. The molecule has 2 atom stereocenters. The molecule has 0 saturated carbocycles. The number of nitrogens with one attached hydrogen (secondary N) is 1. The number of nitrogens with zero attached hydrogens (tertiary/aromatic N) is 6. The maximum Gasteiger partial charge on any atom is 0.291 e. The molecule has 1 aliphatic heterocycles. The predicted molar refractivity (Wildman–Crippen MR) is 110 cm³/mol. The third kappa shape index (κ3) is 3.87. The van der Waals surface area contributed by atoms with Gasteiger partial charge in [0.2, 0.25) is 5.82 Å². The zero-order chi connectivity index (χ0) is 20.6. The minimum absolute atomic E-state index is 0.168. The number of hydrogen-bond donors (Lipinski definition) is 1. The lowest BCUT2D eigenvalue weighted by Gasteiger charge is -2.23. The Balaban J connectivity index is 1.76. The fourth-order valence-corrected chi connectivity index (χ4v) is 3.92. The molecule has 8 heteroatoms. The molecule has 1 saturated heterocycles. The molecule has 0 spiro atoms. The van der Waals surface area contributed by atoms with Crippen LogP contribution in [0.25, 0.3) is 0 Å². The average Bonchev–Trinajstić information content (AvgIpc) is 3.22. The van der Waals surface area contributed by atoms with Gasteiger partial charge in [-0.3, -0.25) is 9.48 Å². The van der Waals surface area contributed by atoms with E-state index < -0.39 is 0 Å². The Bertz CT molecular complexity index is 854. The summed E-state index contributed by atoms with van der Waals surface area (Å²) >= 11 is 0. The van der Waals surface area contributed by atoms with Crippen molar-refractivity contribution in [2.45, 2.75) is 46.2 Å². The molecule has 1 fully saturated rings. The van der Waals surface area contributed by atoms with Crippen LogP contribution in [0.15, 0.2) is 6.20 Å². The number of aromatic nitrogens is 4. The van der Waals surface area contributed by atoms with Crippen LogP contribution < -0.4 is 10.2 Å². The quantitative estimate of drug-likeness (QED) is 0.845. The van der Waals surface area contributed by atoms with E-state index in [9.17, 15) is 4.79 Å². The first kappa shape index (κ1) is 20.3. The topological polar surface area (TPSA) is 79.2 Å². The van der Waals surface area contributed by atoms with Crippen molar-refractivity contribution in [3.05, 3.63) is 34.5 Å². The lowest BCUT2D eigenvalue weighted by atomic mass is 10.1. The van der Waals surface area contributed by atoms with E-state index in [4.69, 9.17) is 0 Å². The van der Waals surface area contributed by atoms with Crippen LogP contribution in [-0.2, 0) is 7.05 Å². The highest BCUT2D eigenvalue weighted by atomic mass is 16.2. The number of rotatable bonds is 5. The van der Waals surface area contributed by atoms with Crippen LogP contribution in [0.3, 0.4) is 0 Å². The number of amides is 1. The Morgan fingerprint density at radius 3 is 2.61 bits per heavy atom. The summed E-state index contributed by atoms with van der Waals surface area (Å²) in [7, 11) is 5.42. The molecule has 1 aliphatic rings. The summed E-state index contributed by atoms with van der Waals surface area (Å²) in [5.74, 6) is 0.961. The summed E-state index contributed by atoms with van der Waals surface area (Å²) < 4.78 is 1.94. The highest BCUT2D eigenvalue weighted by Gasteiger charge is 2.28. The predicted octanol–water partition coefficient (Wildman–Crippen LogP) is 1.77. The maximum atomic E-state index is 12.3. The molecule has 2 aromatic heterocycles. The molecule has 3 heterocycles. The van der Waals surface area contributed by atoms with Crippen molar-refractivity contribution < 1.29 is 4.79 Å². The van der Waals surface area contributed by atoms with Gasteiger partial charge < -0.3 is 15.1 Å². The van der Waals surface area contributed by atoms with Crippen LogP contribution in [0.5, 0.6) is 0 Å². The van der Waals surface area contributed by atoms with Gasteiger partial charge >= 0.3 is 0 Å². The van der Waals surface area contributed by atoms with Crippen LogP contribution in [0.4, 0.5) is 5.82 Å². The number of anilines is 1. The third-order valence-corrected chi connectivity index (χ3v) is 5.52. The summed E-state index contributed by atoms with van der Waals surface area (Å²) in [6.07, 6.45) is 2.94. The average molecular weight is 386 g/mol. The number of carbonyl (C=O) groups excluding carboxylic acids is 1. The molecular formula is C20H31N7O. The third-order valence-electron chi connectivity index (χ3n) is 5.52. The minimum Gasteiger partial charge on any atom is -0.355 e. The number of aryl methyl sites for hydroxylation is 3. The van der Waals surface area contributed by atoms with Gasteiger partial charge in [0, 0.05) is 57.6 Å². The molecule has 152 valence electrons. The van der Waals surface area contributed by atoms with Crippen molar-refractivity contribution in [2.75, 3.05) is 32.1 Å². The SMILES string of the molecule is Cc1cnn(C)c1C(C)N[C@@H]1CCN(c2nc(C(=O)N(C)C)nc(C)c2C)C1. The molecular weight excluding hydrogens is 354 g/mol. The first-order chi connectivity index (χ1) is 13.2. The molecule has 8 nitrogen and oxygen atoms in total. The van der Waals surface area contributed by atoms with E-state index in [-0.39, 0.29) is 17.8 Å². The van der Waals surface area contributed by atoms with Gasteiger partial charge in [-0.25, -0.2) is 9.97 Å². The fourth-order valence-electron chi connectivity index (χ4n) is 3.92. The molecule has 1 amide bonds. The van der Waals surface area contributed by atoms with E-state index in [1.165, 1.54) is 16.2 Å². The van der Waals surface area contributed by atoms with Gasteiger partial charge in [0.25, 0.3) is 5.91 Å². The lowest BCUT2D eigenvalue weighted by molar-refractivity contribution is 0.0815. The summed E-state index contributed by atoms with van der Waals surface area (Å²) in [4.78, 5) is 25.1. The summed E-state index contributed by atoms with van der Waals surface area (Å²) in [5.41, 5.74) is 4.30. The van der Waals surface area contributed by atoms with Crippen LogP contribution >= 0.6 is 0 Å². The molecule has 1 unspecified atom stereocenters. The highest BCUT2D eigenvalue weighted by Crippen LogP contribution is 2.26. The Hall–Kier alpha value is -2.48. The number of carbonyl (C=O) groups is 1. The van der Waals surface area contributed by atoms with Gasteiger partial charge in [0.05, 0.1) is 11.9 Å².